The van der Waals surface area contributed by atoms with E-state index in [9.17, 15) is 19.8 Å². The third-order valence-corrected chi connectivity index (χ3v) is 10.8. The predicted molar refractivity (Wildman–Crippen MR) is 177 cm³/mol. The van der Waals surface area contributed by atoms with Crippen LogP contribution in [0, 0.1) is 23.7 Å². The molecule has 4 heterocycles. The summed E-state index contributed by atoms with van der Waals surface area (Å²) in [4.78, 5) is 26.9. The number of allylic oxidation sites excluding steroid dienone is 3. The maximum Gasteiger partial charge on any atom is 0.316 e. The summed E-state index contributed by atoms with van der Waals surface area (Å²) < 4.78 is 31.9. The van der Waals surface area contributed by atoms with Crippen molar-refractivity contribution >= 4 is 11.9 Å². The summed E-state index contributed by atoms with van der Waals surface area (Å²) in [7, 11) is 0. The highest BCUT2D eigenvalue weighted by Gasteiger charge is 2.60. The second-order valence-corrected chi connectivity index (χ2v) is 14.8. The molecule has 3 fully saturated rings. The zero-order valence-corrected chi connectivity index (χ0v) is 29.2. The lowest BCUT2D eigenvalue weighted by atomic mass is 9.71. The average molecular weight is 655 g/mol. The van der Waals surface area contributed by atoms with Crippen molar-refractivity contribution in [3.8, 4) is 0 Å². The Morgan fingerprint density at radius 1 is 1.15 bits per heavy atom. The Morgan fingerprint density at radius 3 is 2.60 bits per heavy atom. The number of rotatable bonds is 3. The third-order valence-electron chi connectivity index (χ3n) is 10.8. The molecule has 9 nitrogen and oxygen atoms in total. The van der Waals surface area contributed by atoms with E-state index in [1.807, 2.05) is 40.7 Å². The van der Waals surface area contributed by atoms with Crippen molar-refractivity contribution in [3.63, 3.8) is 0 Å². The summed E-state index contributed by atoms with van der Waals surface area (Å²) in [6, 6.07) is 0. The van der Waals surface area contributed by atoms with Crippen molar-refractivity contribution in [2.75, 3.05) is 6.61 Å². The van der Waals surface area contributed by atoms with Gasteiger partial charge in [-0.1, -0.05) is 64.2 Å². The summed E-state index contributed by atoms with van der Waals surface area (Å²) in [5.74, 6) is -3.06. The number of carbonyl (C=O) groups is 2. The van der Waals surface area contributed by atoms with Crippen molar-refractivity contribution in [3.05, 3.63) is 58.7 Å². The van der Waals surface area contributed by atoms with Gasteiger partial charge in [0, 0.05) is 25.2 Å². The van der Waals surface area contributed by atoms with Crippen molar-refractivity contribution in [1.29, 1.82) is 0 Å². The van der Waals surface area contributed by atoms with Crippen LogP contribution in [0.1, 0.15) is 87.5 Å². The number of fused-ring (bicyclic) bond motifs is 2. The van der Waals surface area contributed by atoms with Gasteiger partial charge in [-0.05, 0) is 68.7 Å². The first kappa shape index (κ1) is 35.7. The van der Waals surface area contributed by atoms with Gasteiger partial charge in [-0.15, -0.1) is 0 Å². The highest BCUT2D eigenvalue weighted by Crippen LogP contribution is 2.47. The van der Waals surface area contributed by atoms with Crippen molar-refractivity contribution in [2.24, 2.45) is 23.7 Å². The van der Waals surface area contributed by atoms with Gasteiger partial charge in [-0.3, -0.25) is 9.59 Å². The molecule has 2 bridgehead atoms. The molecule has 0 saturated carbocycles. The number of aliphatic hydroxyl groups excluding tert-OH is 1. The fourth-order valence-electron chi connectivity index (χ4n) is 7.77. The van der Waals surface area contributed by atoms with Gasteiger partial charge in [-0.2, -0.15) is 0 Å². The molecule has 9 heteroatoms. The molecule has 1 spiro atoms. The molecule has 0 aromatic carbocycles. The van der Waals surface area contributed by atoms with E-state index in [4.69, 9.17) is 23.7 Å². The van der Waals surface area contributed by atoms with Crippen LogP contribution in [0.4, 0.5) is 0 Å². The van der Waals surface area contributed by atoms with Crippen LogP contribution in [0.15, 0.2) is 58.7 Å². The molecule has 1 aliphatic carbocycles. The molecule has 5 aliphatic rings. The standard InChI is InChI=1S/C38H54O9/c1-9-22(4)33-25(7)15-16-37(47-33)19-29-18-28(46-37)14-13-24(6)32(45-35(40)21(2)3)23(5)11-10-12-27-20-43-34-31(39)26(8)17-30(36(41)44-29)38(27,34)42/h9-13,17,21,23,25,28-34,39,42H,14-16,18-20H2,1-8H3/b11-10+,22-9-,24-13+,27-12+/t23-,25-,28+,29-,30-,31+,32+,33?,34+,37+,38+/m0/s1. The van der Waals surface area contributed by atoms with E-state index in [0.717, 1.165) is 17.6 Å². The molecule has 0 aromatic rings. The summed E-state index contributed by atoms with van der Waals surface area (Å²) in [6.07, 6.45) is 10.5. The normalized spacial score (nSPS) is 44.4. The smallest absolute Gasteiger partial charge is 0.316 e. The van der Waals surface area contributed by atoms with Crippen molar-refractivity contribution < 1.29 is 43.5 Å². The van der Waals surface area contributed by atoms with Gasteiger partial charge in [0.05, 0.1) is 24.7 Å². The van der Waals surface area contributed by atoms with Crippen molar-refractivity contribution in [2.45, 2.75) is 136 Å². The van der Waals surface area contributed by atoms with Gasteiger partial charge in [0.25, 0.3) is 0 Å². The largest absolute Gasteiger partial charge is 0.462 e. The zero-order chi connectivity index (χ0) is 34.3. The molecule has 4 aliphatic heterocycles. The fourth-order valence-corrected chi connectivity index (χ4v) is 7.77. The van der Waals surface area contributed by atoms with E-state index in [-0.39, 0.29) is 36.6 Å². The van der Waals surface area contributed by atoms with Crippen LogP contribution < -0.4 is 0 Å². The topological polar surface area (TPSA) is 121 Å². The van der Waals surface area contributed by atoms with Gasteiger partial charge in [0.1, 0.15) is 35.9 Å². The highest BCUT2D eigenvalue weighted by atomic mass is 16.7. The maximum atomic E-state index is 14.1. The van der Waals surface area contributed by atoms with Crippen LogP contribution in [-0.4, -0.2) is 76.8 Å². The molecular formula is C38H54O9. The van der Waals surface area contributed by atoms with Crippen LogP contribution in [0.2, 0.25) is 0 Å². The number of ether oxygens (including phenoxy) is 5. The molecule has 3 saturated heterocycles. The van der Waals surface area contributed by atoms with E-state index in [0.29, 0.717) is 42.7 Å². The number of esters is 2. The Kier molecular flexibility index (Phi) is 10.7. The molecule has 0 amide bonds. The lowest BCUT2D eigenvalue weighted by Crippen LogP contribution is -2.58. The second kappa shape index (κ2) is 14.1. The Hall–Kier alpha value is -2.56. The summed E-state index contributed by atoms with van der Waals surface area (Å²) in [5.41, 5.74) is 1.25. The van der Waals surface area contributed by atoms with Crippen LogP contribution in [0.3, 0.4) is 0 Å². The Labute approximate surface area is 279 Å². The summed E-state index contributed by atoms with van der Waals surface area (Å²) in [5, 5.41) is 23.3. The van der Waals surface area contributed by atoms with Gasteiger partial charge in [-0.25, -0.2) is 0 Å². The first-order chi connectivity index (χ1) is 22.2. The SMILES string of the molecule is C/C=C(/C)C1O[C@]2(CC[C@@H]1C)C[C@@H]1C[C@@H](C/C=C(\C)[C@H](OC(=O)C(C)C)[C@@H](C)/C=C/C=C3\CO[C@@H]4[C@H](O)C(C)=C[C@@H](C(=O)O1)[C@]34O)O2. The van der Waals surface area contributed by atoms with Crippen LogP contribution in [-0.2, 0) is 33.3 Å². The lowest BCUT2D eigenvalue weighted by molar-refractivity contribution is -0.329. The number of hydrogen-bond acceptors (Lipinski definition) is 9. The number of carbonyl (C=O) groups excluding carboxylic acids is 2. The van der Waals surface area contributed by atoms with Gasteiger partial charge in [0.15, 0.2) is 5.79 Å². The Morgan fingerprint density at radius 2 is 1.89 bits per heavy atom. The number of aliphatic hydroxyl groups is 2. The summed E-state index contributed by atoms with van der Waals surface area (Å²) >= 11 is 0. The molecule has 2 N–H and O–H groups in total. The van der Waals surface area contributed by atoms with Gasteiger partial charge in [0.2, 0.25) is 0 Å². The number of hydrogen-bond donors (Lipinski definition) is 2. The Bertz CT molecular complexity index is 1360. The molecule has 1 unspecified atom stereocenters. The van der Waals surface area contributed by atoms with Gasteiger partial charge >= 0.3 is 11.9 Å². The van der Waals surface area contributed by atoms with Crippen LogP contribution in [0.25, 0.3) is 0 Å². The van der Waals surface area contributed by atoms with Crippen LogP contribution >= 0.6 is 0 Å². The molecule has 11 atom stereocenters. The van der Waals surface area contributed by atoms with E-state index in [1.54, 1.807) is 25.2 Å². The average Bonchev–Trinajstić information content (AvgIpc) is 3.37. The van der Waals surface area contributed by atoms with E-state index in [1.165, 1.54) is 0 Å². The monoisotopic (exact) mass is 654 g/mol. The fraction of sp³-hybridized carbons (Fsp3) is 0.684. The molecule has 0 radical (unpaired) electrons. The zero-order valence-electron chi connectivity index (χ0n) is 29.2. The molecule has 5 rings (SSSR count). The molecular weight excluding hydrogens is 600 g/mol. The summed E-state index contributed by atoms with van der Waals surface area (Å²) in [6.45, 7) is 15.6. The first-order valence-electron chi connectivity index (χ1n) is 17.3. The predicted octanol–water partition coefficient (Wildman–Crippen LogP) is 5.66. The maximum absolute atomic E-state index is 14.1. The molecule has 260 valence electrons. The van der Waals surface area contributed by atoms with E-state index >= 15 is 0 Å². The highest BCUT2D eigenvalue weighted by molar-refractivity contribution is 5.78. The first-order valence-corrected chi connectivity index (χ1v) is 17.3. The lowest BCUT2D eigenvalue weighted by Gasteiger charge is -2.50. The quantitative estimate of drug-likeness (QED) is 0.294. The second-order valence-electron chi connectivity index (χ2n) is 14.8. The van der Waals surface area contributed by atoms with Gasteiger partial charge < -0.3 is 33.9 Å². The molecule has 47 heavy (non-hydrogen) atoms. The minimum Gasteiger partial charge on any atom is -0.462 e. The minimum atomic E-state index is -1.80. The van der Waals surface area contributed by atoms with Crippen molar-refractivity contribution in [1.82, 2.24) is 0 Å². The minimum absolute atomic E-state index is 0.0483. The third kappa shape index (κ3) is 7.11. The van der Waals surface area contributed by atoms with Crippen LogP contribution in [0.5, 0.6) is 0 Å². The van der Waals surface area contributed by atoms with E-state index < -0.39 is 47.7 Å². The molecule has 0 aromatic heterocycles. The Balaban J connectivity index is 1.57. The van der Waals surface area contributed by atoms with E-state index in [2.05, 4.69) is 26.0 Å².